The number of aromatic amines is 1. The van der Waals surface area contributed by atoms with Gasteiger partial charge in [-0.3, -0.25) is 0 Å². The van der Waals surface area contributed by atoms with Crippen molar-refractivity contribution in [2.75, 3.05) is 26.1 Å². The fourth-order valence-electron chi connectivity index (χ4n) is 3.76. The van der Waals surface area contributed by atoms with Crippen LogP contribution < -0.4 is 20.1 Å². The summed E-state index contributed by atoms with van der Waals surface area (Å²) in [4.78, 5) is 16.0. The van der Waals surface area contributed by atoms with Gasteiger partial charge in [0, 0.05) is 41.3 Å². The Labute approximate surface area is 181 Å². The van der Waals surface area contributed by atoms with E-state index in [1.807, 2.05) is 36.5 Å². The molecule has 3 aromatic carbocycles. The van der Waals surface area contributed by atoms with E-state index in [9.17, 15) is 4.79 Å². The minimum absolute atomic E-state index is 0.00787. The second kappa shape index (κ2) is 9.26. The molecule has 1 atom stereocenters. The van der Waals surface area contributed by atoms with Crippen LogP contribution in [0, 0.1) is 0 Å². The van der Waals surface area contributed by atoms with Gasteiger partial charge < -0.3 is 25.1 Å². The number of methoxy groups -OCH3 is 2. The molecule has 2 amide bonds. The molecule has 1 heterocycles. The van der Waals surface area contributed by atoms with Gasteiger partial charge in [-0.1, -0.05) is 48.5 Å². The van der Waals surface area contributed by atoms with Gasteiger partial charge in [0.1, 0.15) is 0 Å². The number of nitrogens with one attached hydrogen (secondary N) is 3. The van der Waals surface area contributed by atoms with Crippen molar-refractivity contribution in [1.29, 1.82) is 0 Å². The number of hydrogen-bond acceptors (Lipinski definition) is 3. The highest BCUT2D eigenvalue weighted by Crippen LogP contribution is 2.31. The van der Waals surface area contributed by atoms with Gasteiger partial charge in [-0.15, -0.1) is 0 Å². The van der Waals surface area contributed by atoms with Gasteiger partial charge in [-0.05, 0) is 29.3 Å². The highest BCUT2D eigenvalue weighted by molar-refractivity contribution is 5.90. The Kier molecular flexibility index (Phi) is 6.08. The van der Waals surface area contributed by atoms with Crippen molar-refractivity contribution < 1.29 is 14.3 Å². The molecule has 1 unspecified atom stereocenters. The summed E-state index contributed by atoms with van der Waals surface area (Å²) in [5, 5.41) is 7.03. The molecule has 0 aliphatic carbocycles. The van der Waals surface area contributed by atoms with Crippen molar-refractivity contribution in [2.45, 2.75) is 5.92 Å². The number of anilines is 1. The van der Waals surface area contributed by atoms with Crippen LogP contribution in [0.15, 0.2) is 79.0 Å². The number of ether oxygens (including phenoxy) is 2. The molecule has 0 spiro atoms. The lowest BCUT2D eigenvalue weighted by Crippen LogP contribution is -2.32. The summed E-state index contributed by atoms with van der Waals surface area (Å²) in [5.41, 5.74) is 3.98. The number of amides is 2. The zero-order valence-corrected chi connectivity index (χ0v) is 17.5. The highest BCUT2D eigenvalue weighted by atomic mass is 16.5. The fraction of sp³-hybridized carbons (Fsp3) is 0.160. The zero-order valence-electron chi connectivity index (χ0n) is 17.5. The molecular weight excluding hydrogens is 390 g/mol. The number of H-pyrrole nitrogens is 1. The first-order valence-corrected chi connectivity index (χ1v) is 10.1. The third-order valence-corrected chi connectivity index (χ3v) is 5.31. The summed E-state index contributed by atoms with van der Waals surface area (Å²) in [7, 11) is 3.14. The number of carbonyl (C=O) groups is 1. The molecule has 6 nitrogen and oxygen atoms in total. The lowest BCUT2D eigenvalue weighted by molar-refractivity contribution is 0.252. The predicted molar refractivity (Wildman–Crippen MR) is 123 cm³/mol. The Morgan fingerprint density at radius 2 is 1.68 bits per heavy atom. The van der Waals surface area contributed by atoms with Crippen LogP contribution >= 0.6 is 0 Å². The van der Waals surface area contributed by atoms with Gasteiger partial charge in [-0.2, -0.15) is 0 Å². The first-order valence-electron chi connectivity index (χ1n) is 10.1. The lowest BCUT2D eigenvalue weighted by Gasteiger charge is -2.19. The number of urea groups is 1. The molecule has 6 heteroatoms. The van der Waals surface area contributed by atoms with Gasteiger partial charge >= 0.3 is 6.03 Å². The Balaban J connectivity index is 1.52. The monoisotopic (exact) mass is 415 g/mol. The summed E-state index contributed by atoms with van der Waals surface area (Å²) in [6.07, 6.45) is 2.02. The largest absolute Gasteiger partial charge is 0.493 e. The average molecular weight is 415 g/mol. The van der Waals surface area contributed by atoms with Crippen LogP contribution in [0.2, 0.25) is 0 Å². The van der Waals surface area contributed by atoms with Crippen molar-refractivity contribution >= 4 is 22.6 Å². The minimum Gasteiger partial charge on any atom is -0.493 e. The van der Waals surface area contributed by atoms with Crippen LogP contribution in [0.5, 0.6) is 11.5 Å². The molecule has 0 fully saturated rings. The molecule has 0 saturated carbocycles. The normalized spacial score (nSPS) is 11.7. The average Bonchev–Trinajstić information content (AvgIpc) is 3.24. The van der Waals surface area contributed by atoms with Gasteiger partial charge in [-0.25, -0.2) is 4.79 Å². The topological polar surface area (TPSA) is 75.4 Å². The van der Waals surface area contributed by atoms with E-state index in [0.29, 0.717) is 23.7 Å². The molecule has 0 saturated heterocycles. The summed E-state index contributed by atoms with van der Waals surface area (Å²) in [6, 6.07) is 23.4. The molecule has 31 heavy (non-hydrogen) atoms. The van der Waals surface area contributed by atoms with E-state index in [1.165, 1.54) is 0 Å². The predicted octanol–water partition coefficient (Wildman–Crippen LogP) is 5.14. The lowest BCUT2D eigenvalue weighted by atomic mass is 9.91. The number of para-hydroxylation sites is 1. The summed E-state index contributed by atoms with van der Waals surface area (Å²) in [5.74, 6) is 1.17. The van der Waals surface area contributed by atoms with Crippen LogP contribution in [-0.2, 0) is 0 Å². The number of fused-ring (bicyclic) bond motifs is 1. The van der Waals surface area contributed by atoms with E-state index < -0.39 is 0 Å². The van der Waals surface area contributed by atoms with E-state index in [0.717, 1.165) is 22.0 Å². The number of benzene rings is 3. The van der Waals surface area contributed by atoms with Gasteiger partial charge in [0.05, 0.1) is 14.2 Å². The molecular formula is C25H25N3O3. The van der Waals surface area contributed by atoms with E-state index in [1.54, 1.807) is 32.4 Å². The molecule has 158 valence electrons. The number of rotatable bonds is 7. The molecule has 0 aliphatic rings. The fourth-order valence-corrected chi connectivity index (χ4v) is 3.76. The van der Waals surface area contributed by atoms with Crippen molar-refractivity contribution in [3.05, 3.63) is 90.1 Å². The van der Waals surface area contributed by atoms with Crippen LogP contribution in [0.25, 0.3) is 10.9 Å². The third kappa shape index (κ3) is 4.48. The van der Waals surface area contributed by atoms with Crippen molar-refractivity contribution in [1.82, 2.24) is 10.3 Å². The Morgan fingerprint density at radius 3 is 2.45 bits per heavy atom. The van der Waals surface area contributed by atoms with Crippen LogP contribution in [-0.4, -0.2) is 31.8 Å². The summed E-state index contributed by atoms with van der Waals surface area (Å²) in [6.45, 7) is 0.449. The van der Waals surface area contributed by atoms with Gasteiger partial charge in [0.25, 0.3) is 0 Å². The molecule has 3 N–H and O–H groups in total. The van der Waals surface area contributed by atoms with Crippen LogP contribution in [0.4, 0.5) is 10.5 Å². The van der Waals surface area contributed by atoms with Gasteiger partial charge in [0.2, 0.25) is 0 Å². The molecule has 4 aromatic rings. The Bertz CT molecular complexity index is 1170. The smallest absolute Gasteiger partial charge is 0.319 e. The van der Waals surface area contributed by atoms with Gasteiger partial charge in [0.15, 0.2) is 11.5 Å². The van der Waals surface area contributed by atoms with E-state index >= 15 is 0 Å². The maximum Gasteiger partial charge on any atom is 0.319 e. The van der Waals surface area contributed by atoms with Crippen molar-refractivity contribution in [2.24, 2.45) is 0 Å². The Morgan fingerprint density at radius 1 is 0.935 bits per heavy atom. The number of aromatic nitrogens is 1. The Hall–Kier alpha value is -3.93. The van der Waals surface area contributed by atoms with Crippen LogP contribution in [0.1, 0.15) is 17.0 Å². The summed E-state index contributed by atoms with van der Waals surface area (Å²) >= 11 is 0. The van der Waals surface area contributed by atoms with E-state index in [2.05, 4.69) is 39.9 Å². The maximum absolute atomic E-state index is 12.6. The minimum atomic E-state index is -0.284. The SMILES string of the molecule is COc1ccc(NC(=O)NCC(c2ccccc2)c2c[nH]c3ccccc23)cc1OC. The second-order valence-corrected chi connectivity index (χ2v) is 7.16. The maximum atomic E-state index is 12.6. The quantitative estimate of drug-likeness (QED) is 0.391. The first kappa shape index (κ1) is 20.3. The highest BCUT2D eigenvalue weighted by Gasteiger charge is 2.19. The van der Waals surface area contributed by atoms with E-state index in [4.69, 9.17) is 9.47 Å². The third-order valence-electron chi connectivity index (χ3n) is 5.31. The second-order valence-electron chi connectivity index (χ2n) is 7.16. The molecule has 1 aromatic heterocycles. The zero-order chi connectivity index (χ0) is 21.6. The van der Waals surface area contributed by atoms with Crippen molar-refractivity contribution in [3.63, 3.8) is 0 Å². The molecule has 0 bridgehead atoms. The number of hydrogen-bond donors (Lipinski definition) is 3. The van der Waals surface area contributed by atoms with Crippen molar-refractivity contribution in [3.8, 4) is 11.5 Å². The molecule has 0 radical (unpaired) electrons. The first-order chi connectivity index (χ1) is 15.2. The van der Waals surface area contributed by atoms with E-state index in [-0.39, 0.29) is 11.9 Å². The van der Waals surface area contributed by atoms with Crippen LogP contribution in [0.3, 0.4) is 0 Å². The molecule has 4 rings (SSSR count). The standard InChI is InChI=1S/C25H25N3O3/c1-30-23-13-12-18(14-24(23)31-2)28-25(29)27-15-20(17-8-4-3-5-9-17)21-16-26-22-11-7-6-10-19(21)22/h3-14,16,20,26H,15H2,1-2H3,(H2,27,28,29). The number of carbonyl (C=O) groups excluding carboxylic acids is 1. The summed E-state index contributed by atoms with van der Waals surface area (Å²) < 4.78 is 10.5. The molecule has 0 aliphatic heterocycles.